The van der Waals surface area contributed by atoms with Gasteiger partial charge in [0.1, 0.15) is 0 Å². The second-order valence-electron chi connectivity index (χ2n) is 5.45. The van der Waals surface area contributed by atoms with Gasteiger partial charge < -0.3 is 0 Å². The average molecular weight is 425 g/mol. The van der Waals surface area contributed by atoms with Crippen molar-refractivity contribution in [3.8, 4) is 28.8 Å². The summed E-state index contributed by atoms with van der Waals surface area (Å²) in [5, 5.41) is 16.3. The fourth-order valence-corrected chi connectivity index (χ4v) is 3.98. The first-order chi connectivity index (χ1) is 13.2. The van der Waals surface area contributed by atoms with Crippen molar-refractivity contribution in [2.24, 2.45) is 5.73 Å². The number of nitrogens with zero attached hydrogens (tertiary/aromatic N) is 4. The quantitative estimate of drug-likeness (QED) is 0.389. The third-order valence-electron chi connectivity index (χ3n) is 3.62. The molecular weight excluding hydrogens is 407 g/mol. The molecule has 2 heterocycles. The maximum atomic E-state index is 8.81. The molecule has 0 aliphatic rings. The third-order valence-corrected chi connectivity index (χ3v) is 5.57. The number of nitriles is 1. The van der Waals surface area contributed by atoms with Crippen LogP contribution in [0.15, 0.2) is 36.7 Å². The first-order valence-electron chi connectivity index (χ1n) is 8.24. The van der Waals surface area contributed by atoms with Gasteiger partial charge in [-0.1, -0.05) is 0 Å². The van der Waals surface area contributed by atoms with Crippen molar-refractivity contribution in [3.05, 3.63) is 42.4 Å². The number of aromatic nitrogens is 4. The molecule has 0 saturated heterocycles. The van der Waals surface area contributed by atoms with Crippen LogP contribution in [0.4, 0.5) is 0 Å². The van der Waals surface area contributed by atoms with Crippen LogP contribution in [-0.2, 0) is 0 Å². The fraction of sp³-hybridized carbons (Fsp3) is 0.222. The number of ether oxygens (including phenoxy) is 2. The van der Waals surface area contributed by atoms with Crippen molar-refractivity contribution < 1.29 is 9.47 Å². The molecule has 27 heavy (non-hydrogen) atoms. The molecule has 0 spiro atoms. The van der Waals surface area contributed by atoms with Gasteiger partial charge in [-0.2, -0.15) is 0 Å². The Morgan fingerprint density at radius 2 is 2.11 bits per heavy atom. The van der Waals surface area contributed by atoms with E-state index in [2.05, 4.69) is 20.2 Å². The standard InChI is InChI=1S/C18H18AsN6O2/c1-26-14-4-2-5-15(27-7-3-6-20)18(14)13-8-16(25-24-13)19-17-11-22-12(9-21)10-23-17/h2,4-5,8,10-11H,3,6-7,20H2,1H3,(H,24,25). The Morgan fingerprint density at radius 1 is 1.26 bits per heavy atom. The number of rotatable bonds is 8. The molecule has 3 aromatic rings. The molecule has 0 atom stereocenters. The number of methoxy groups -OCH3 is 1. The van der Waals surface area contributed by atoms with Crippen molar-refractivity contribution in [1.82, 2.24) is 20.2 Å². The van der Waals surface area contributed by atoms with Crippen LogP contribution in [0.25, 0.3) is 11.3 Å². The summed E-state index contributed by atoms with van der Waals surface area (Å²) in [6.07, 6.45) is 3.87. The summed E-state index contributed by atoms with van der Waals surface area (Å²) in [5.74, 6) is 1.39. The molecule has 1 aromatic carbocycles. The summed E-state index contributed by atoms with van der Waals surface area (Å²) in [5.41, 5.74) is 7.39. The SMILES string of the molecule is COc1cccc(OCCCN)c1-c1cc([As]c2cnc(C#N)cn2)[nH]n1. The number of nitrogens with two attached hydrogens (primary N) is 1. The molecule has 137 valence electrons. The van der Waals surface area contributed by atoms with Crippen molar-refractivity contribution in [1.29, 1.82) is 5.26 Å². The van der Waals surface area contributed by atoms with Crippen molar-refractivity contribution in [2.45, 2.75) is 6.42 Å². The summed E-state index contributed by atoms with van der Waals surface area (Å²) in [6, 6.07) is 9.58. The summed E-state index contributed by atoms with van der Waals surface area (Å²) in [7, 11) is 1.62. The molecule has 0 fully saturated rings. The molecular formula is C18H18AsN6O2. The molecule has 1 radical (unpaired) electrons. The van der Waals surface area contributed by atoms with E-state index in [0.717, 1.165) is 26.6 Å². The van der Waals surface area contributed by atoms with Gasteiger partial charge in [0.15, 0.2) is 0 Å². The first-order valence-corrected chi connectivity index (χ1v) is 10.1. The molecule has 2 aromatic heterocycles. The van der Waals surface area contributed by atoms with Gasteiger partial charge in [-0.3, -0.25) is 0 Å². The molecule has 3 rings (SSSR count). The summed E-state index contributed by atoms with van der Waals surface area (Å²) in [6.45, 7) is 1.10. The van der Waals surface area contributed by atoms with Gasteiger partial charge in [0.05, 0.1) is 0 Å². The normalized spacial score (nSPS) is 10.9. The molecule has 9 heteroatoms. The molecule has 3 N–H and O–H groups in total. The monoisotopic (exact) mass is 425 g/mol. The Bertz CT molecular complexity index is 936. The molecule has 0 aliphatic carbocycles. The van der Waals surface area contributed by atoms with Crippen LogP contribution in [0.3, 0.4) is 0 Å². The van der Waals surface area contributed by atoms with Crippen LogP contribution in [0.1, 0.15) is 12.1 Å². The van der Waals surface area contributed by atoms with E-state index in [9.17, 15) is 0 Å². The minimum atomic E-state index is -0.433. The summed E-state index contributed by atoms with van der Waals surface area (Å²) >= 11 is -0.433. The Morgan fingerprint density at radius 3 is 2.81 bits per heavy atom. The van der Waals surface area contributed by atoms with Gasteiger partial charge >= 0.3 is 163 Å². The van der Waals surface area contributed by atoms with Crippen LogP contribution in [-0.4, -0.2) is 56.2 Å². The summed E-state index contributed by atoms with van der Waals surface area (Å²) in [4.78, 5) is 8.33. The number of hydrogen-bond donors (Lipinski definition) is 2. The predicted octanol–water partition coefficient (Wildman–Crippen LogP) is 0.130. The first kappa shape index (κ1) is 18.9. The summed E-state index contributed by atoms with van der Waals surface area (Å²) < 4.78 is 13.2. The molecule has 8 nitrogen and oxygen atoms in total. The third kappa shape index (κ3) is 4.64. The average Bonchev–Trinajstić information content (AvgIpc) is 3.16. The number of aromatic amines is 1. The van der Waals surface area contributed by atoms with Crippen molar-refractivity contribution >= 4 is 24.7 Å². The van der Waals surface area contributed by atoms with Crippen molar-refractivity contribution in [3.63, 3.8) is 0 Å². The van der Waals surface area contributed by atoms with E-state index in [4.69, 9.17) is 20.5 Å². The van der Waals surface area contributed by atoms with Crippen LogP contribution in [0.5, 0.6) is 11.5 Å². The van der Waals surface area contributed by atoms with Crippen LogP contribution < -0.4 is 24.2 Å². The Kier molecular flexibility index (Phi) is 6.42. The Hall–Kier alpha value is -2.88. The van der Waals surface area contributed by atoms with E-state index in [0.29, 0.717) is 30.3 Å². The predicted molar refractivity (Wildman–Crippen MR) is 102 cm³/mol. The van der Waals surface area contributed by atoms with E-state index >= 15 is 0 Å². The molecule has 0 saturated carbocycles. The Labute approximate surface area is 163 Å². The Balaban J connectivity index is 1.85. The van der Waals surface area contributed by atoms with Crippen LogP contribution >= 0.6 is 0 Å². The zero-order chi connectivity index (χ0) is 19.1. The number of hydrogen-bond acceptors (Lipinski definition) is 7. The van der Waals surface area contributed by atoms with E-state index < -0.39 is 15.8 Å². The number of H-pyrrole nitrogens is 1. The molecule has 0 amide bonds. The minimum absolute atomic E-state index is 0.304. The van der Waals surface area contributed by atoms with Gasteiger partial charge in [-0.05, 0) is 0 Å². The van der Waals surface area contributed by atoms with E-state index in [-0.39, 0.29) is 0 Å². The second-order valence-corrected chi connectivity index (χ2v) is 7.89. The molecule has 0 bridgehead atoms. The van der Waals surface area contributed by atoms with Crippen LogP contribution in [0, 0.1) is 11.3 Å². The second kappa shape index (κ2) is 9.17. The van der Waals surface area contributed by atoms with Gasteiger partial charge in [-0.25, -0.2) is 0 Å². The van der Waals surface area contributed by atoms with Gasteiger partial charge in [0.25, 0.3) is 0 Å². The molecule has 0 aliphatic heterocycles. The van der Waals surface area contributed by atoms with Crippen molar-refractivity contribution in [2.75, 3.05) is 20.3 Å². The topological polar surface area (TPSA) is 123 Å². The van der Waals surface area contributed by atoms with E-state index in [1.807, 2.05) is 30.3 Å². The number of nitrogens with one attached hydrogen (secondary N) is 1. The van der Waals surface area contributed by atoms with E-state index in [1.165, 1.54) is 6.20 Å². The zero-order valence-corrected chi connectivity index (χ0v) is 16.6. The van der Waals surface area contributed by atoms with Gasteiger partial charge in [-0.15, -0.1) is 0 Å². The van der Waals surface area contributed by atoms with Crippen LogP contribution in [0.2, 0.25) is 0 Å². The fourth-order valence-electron chi connectivity index (χ4n) is 2.38. The molecule has 0 unspecified atom stereocenters. The van der Waals surface area contributed by atoms with Gasteiger partial charge in [0.2, 0.25) is 0 Å². The van der Waals surface area contributed by atoms with E-state index in [1.54, 1.807) is 13.3 Å². The van der Waals surface area contributed by atoms with Gasteiger partial charge in [0, 0.05) is 0 Å². The maximum absolute atomic E-state index is 8.81. The number of benzene rings is 1. The zero-order valence-electron chi connectivity index (χ0n) is 14.7.